The Labute approximate surface area is 156 Å². The van der Waals surface area contributed by atoms with Crippen molar-refractivity contribution in [1.29, 1.82) is 0 Å². The first kappa shape index (κ1) is 16.9. The van der Waals surface area contributed by atoms with E-state index in [0.29, 0.717) is 13.2 Å². The molecule has 1 aromatic heterocycles. The van der Waals surface area contributed by atoms with E-state index in [1.54, 1.807) is 7.11 Å². The quantitative estimate of drug-likeness (QED) is 0.503. The molecule has 0 N–H and O–H groups in total. The summed E-state index contributed by atoms with van der Waals surface area (Å²) in [6.45, 7) is 0.892. The number of hydrogen-bond acceptors (Lipinski definition) is 5. The van der Waals surface area contributed by atoms with E-state index in [0.717, 1.165) is 33.7 Å². The highest BCUT2D eigenvalue weighted by molar-refractivity contribution is 5.75. The van der Waals surface area contributed by atoms with Crippen molar-refractivity contribution in [2.45, 2.75) is 13.2 Å². The second-order valence-electron chi connectivity index (χ2n) is 6.01. The van der Waals surface area contributed by atoms with Gasteiger partial charge in [-0.2, -0.15) is 0 Å². The molecule has 0 atom stereocenters. The fraction of sp³-hybridized carbons (Fsp3) is 0.143. The summed E-state index contributed by atoms with van der Waals surface area (Å²) in [6, 6.07) is 23.4. The highest BCUT2D eigenvalue weighted by atomic mass is 16.7. The van der Waals surface area contributed by atoms with E-state index < -0.39 is 0 Å². The number of ether oxygens (including phenoxy) is 2. The molecule has 27 heavy (non-hydrogen) atoms. The lowest BCUT2D eigenvalue weighted by molar-refractivity contribution is 0.0751. The second kappa shape index (κ2) is 7.78. The van der Waals surface area contributed by atoms with E-state index in [1.165, 1.54) is 4.85 Å². The van der Waals surface area contributed by atoms with Crippen molar-refractivity contribution in [3.8, 4) is 11.5 Å². The van der Waals surface area contributed by atoms with Gasteiger partial charge in [0.05, 0.1) is 7.11 Å². The Hall–Kier alpha value is -3.54. The minimum Gasteiger partial charge on any atom is -0.497 e. The molecule has 0 saturated heterocycles. The summed E-state index contributed by atoms with van der Waals surface area (Å²) < 4.78 is 11.0. The molecule has 0 radical (unpaired) electrons. The van der Waals surface area contributed by atoms with E-state index in [2.05, 4.69) is 10.3 Å². The number of hydrogen-bond donors (Lipinski definition) is 0. The van der Waals surface area contributed by atoms with Gasteiger partial charge >= 0.3 is 0 Å². The van der Waals surface area contributed by atoms with Gasteiger partial charge in [-0.3, -0.25) is 0 Å². The SMILES string of the molecule is COc1ccc(COc2ccc3c(c2)nnn3OCc2ccccc2)cc1. The Morgan fingerprint density at radius 3 is 2.33 bits per heavy atom. The van der Waals surface area contributed by atoms with E-state index in [-0.39, 0.29) is 0 Å². The standard InChI is InChI=1S/C21H19N3O3/c1-25-18-9-7-17(8-10-18)14-26-19-11-12-21-20(13-19)22-23-24(21)27-15-16-5-3-2-4-6-16/h2-13H,14-15H2,1H3. The van der Waals surface area contributed by atoms with Gasteiger partial charge in [0.2, 0.25) is 0 Å². The molecule has 6 heteroatoms. The van der Waals surface area contributed by atoms with Crippen LogP contribution < -0.4 is 14.3 Å². The fourth-order valence-electron chi connectivity index (χ4n) is 2.67. The first-order valence-corrected chi connectivity index (χ1v) is 8.60. The molecule has 0 spiro atoms. The maximum Gasteiger partial charge on any atom is 0.142 e. The highest BCUT2D eigenvalue weighted by Gasteiger charge is 2.07. The molecular formula is C21H19N3O3. The number of methoxy groups -OCH3 is 1. The molecule has 4 aromatic rings. The molecule has 4 rings (SSSR count). The van der Waals surface area contributed by atoms with E-state index in [1.807, 2.05) is 72.8 Å². The number of fused-ring (bicyclic) bond motifs is 1. The molecule has 1 heterocycles. The Morgan fingerprint density at radius 1 is 0.815 bits per heavy atom. The van der Waals surface area contributed by atoms with Crippen molar-refractivity contribution >= 4 is 11.0 Å². The molecule has 0 aliphatic rings. The van der Waals surface area contributed by atoms with E-state index in [4.69, 9.17) is 14.3 Å². The van der Waals surface area contributed by atoms with Crippen LogP contribution in [0.3, 0.4) is 0 Å². The van der Waals surface area contributed by atoms with Crippen LogP contribution in [0.15, 0.2) is 72.8 Å². The maximum atomic E-state index is 5.85. The minimum atomic E-state index is 0.426. The van der Waals surface area contributed by atoms with Gasteiger partial charge in [-0.15, -0.1) is 5.10 Å². The molecule has 0 aliphatic carbocycles. The molecule has 136 valence electrons. The maximum absolute atomic E-state index is 5.85. The lowest BCUT2D eigenvalue weighted by Crippen LogP contribution is -2.12. The number of benzene rings is 3. The zero-order chi connectivity index (χ0) is 18.5. The molecule has 0 aliphatic heterocycles. The molecule has 0 saturated carbocycles. The van der Waals surface area contributed by atoms with Crippen LogP contribution in [-0.4, -0.2) is 22.3 Å². The fourth-order valence-corrected chi connectivity index (χ4v) is 2.67. The first-order valence-electron chi connectivity index (χ1n) is 8.60. The van der Waals surface area contributed by atoms with Crippen LogP contribution in [0.1, 0.15) is 11.1 Å². The second-order valence-corrected chi connectivity index (χ2v) is 6.01. The average molecular weight is 361 g/mol. The lowest BCUT2D eigenvalue weighted by atomic mass is 10.2. The predicted octanol–water partition coefficient (Wildman–Crippen LogP) is 3.65. The minimum absolute atomic E-state index is 0.426. The molecule has 0 amide bonds. The third-order valence-corrected chi connectivity index (χ3v) is 4.15. The predicted molar refractivity (Wildman–Crippen MR) is 102 cm³/mol. The lowest BCUT2D eigenvalue weighted by Gasteiger charge is -2.08. The van der Waals surface area contributed by atoms with Gasteiger partial charge < -0.3 is 14.3 Å². The third kappa shape index (κ3) is 4.00. The van der Waals surface area contributed by atoms with Crippen LogP contribution in [0.4, 0.5) is 0 Å². The summed E-state index contributed by atoms with van der Waals surface area (Å²) >= 11 is 0. The van der Waals surface area contributed by atoms with Gasteiger partial charge in [0.1, 0.15) is 35.7 Å². The number of aromatic nitrogens is 3. The van der Waals surface area contributed by atoms with Crippen LogP contribution >= 0.6 is 0 Å². The van der Waals surface area contributed by atoms with Gasteiger partial charge in [0, 0.05) is 6.07 Å². The summed E-state index contributed by atoms with van der Waals surface area (Å²) in [5.74, 6) is 1.56. The summed E-state index contributed by atoms with van der Waals surface area (Å²) in [4.78, 5) is 7.17. The molecule has 6 nitrogen and oxygen atoms in total. The zero-order valence-corrected chi connectivity index (χ0v) is 14.9. The smallest absolute Gasteiger partial charge is 0.142 e. The summed E-state index contributed by atoms with van der Waals surface area (Å²) in [7, 11) is 1.65. The molecular weight excluding hydrogens is 342 g/mol. The summed E-state index contributed by atoms with van der Waals surface area (Å²) in [5, 5.41) is 8.22. The van der Waals surface area contributed by atoms with Crippen molar-refractivity contribution in [3.63, 3.8) is 0 Å². The van der Waals surface area contributed by atoms with Gasteiger partial charge in [-0.25, -0.2) is 0 Å². The van der Waals surface area contributed by atoms with Gasteiger partial charge in [0.25, 0.3) is 0 Å². The van der Waals surface area contributed by atoms with E-state index in [9.17, 15) is 0 Å². The van der Waals surface area contributed by atoms with Crippen LogP contribution in [-0.2, 0) is 13.2 Å². The Morgan fingerprint density at radius 2 is 1.56 bits per heavy atom. The van der Waals surface area contributed by atoms with Crippen molar-refractivity contribution < 1.29 is 14.3 Å². The van der Waals surface area contributed by atoms with Gasteiger partial charge in [0.15, 0.2) is 0 Å². The molecule has 0 unspecified atom stereocenters. The monoisotopic (exact) mass is 361 g/mol. The van der Waals surface area contributed by atoms with Crippen LogP contribution in [0.5, 0.6) is 11.5 Å². The summed E-state index contributed by atoms with van der Waals surface area (Å²) in [6.07, 6.45) is 0. The van der Waals surface area contributed by atoms with Crippen molar-refractivity contribution in [3.05, 3.63) is 83.9 Å². The molecule has 3 aromatic carbocycles. The largest absolute Gasteiger partial charge is 0.497 e. The van der Waals surface area contributed by atoms with Crippen molar-refractivity contribution in [1.82, 2.24) is 15.2 Å². The Balaban J connectivity index is 1.42. The van der Waals surface area contributed by atoms with Crippen molar-refractivity contribution in [2.24, 2.45) is 0 Å². The number of rotatable bonds is 7. The Bertz CT molecular complexity index is 1010. The molecule has 0 bridgehead atoms. The van der Waals surface area contributed by atoms with Crippen LogP contribution in [0.25, 0.3) is 11.0 Å². The Kier molecular flexibility index (Phi) is 4.87. The van der Waals surface area contributed by atoms with Gasteiger partial charge in [-0.1, -0.05) is 47.3 Å². The third-order valence-electron chi connectivity index (χ3n) is 4.15. The van der Waals surface area contributed by atoms with Crippen LogP contribution in [0.2, 0.25) is 0 Å². The van der Waals surface area contributed by atoms with Gasteiger partial charge in [-0.05, 0) is 40.6 Å². The van der Waals surface area contributed by atoms with Crippen LogP contribution in [0, 0.1) is 0 Å². The molecule has 0 fully saturated rings. The van der Waals surface area contributed by atoms with E-state index >= 15 is 0 Å². The summed E-state index contributed by atoms with van der Waals surface area (Å²) in [5.41, 5.74) is 3.64. The zero-order valence-electron chi connectivity index (χ0n) is 14.9. The topological polar surface area (TPSA) is 58.4 Å². The average Bonchev–Trinajstić information content (AvgIpc) is 3.14. The number of nitrogens with zero attached hydrogens (tertiary/aromatic N) is 3. The van der Waals surface area contributed by atoms with Crippen molar-refractivity contribution in [2.75, 3.05) is 7.11 Å². The highest BCUT2D eigenvalue weighted by Crippen LogP contribution is 2.20. The first-order chi connectivity index (χ1) is 13.3. The normalized spacial score (nSPS) is 10.7.